The van der Waals surface area contributed by atoms with E-state index in [4.69, 9.17) is 0 Å². The van der Waals surface area contributed by atoms with Crippen LogP contribution in [0, 0.1) is 25.7 Å². The summed E-state index contributed by atoms with van der Waals surface area (Å²) in [5, 5.41) is 5.99. The summed E-state index contributed by atoms with van der Waals surface area (Å²) in [7, 11) is 0. The van der Waals surface area contributed by atoms with Gasteiger partial charge < -0.3 is 10.6 Å². The summed E-state index contributed by atoms with van der Waals surface area (Å²) in [4.78, 5) is 36.8. The van der Waals surface area contributed by atoms with E-state index in [0.717, 1.165) is 16.8 Å². The number of rotatable bonds is 5. The quantitative estimate of drug-likeness (QED) is 0.712. The number of amides is 2. The fourth-order valence-corrected chi connectivity index (χ4v) is 3.91. The summed E-state index contributed by atoms with van der Waals surface area (Å²) in [5.74, 6) is -0.217. The molecule has 0 aliphatic heterocycles. The SMILES string of the molecule is CC(=O)c1cccc(NC(=O)C2CCC(C(=O)Nc3c(C)cccc3C)CC2)c1. The van der Waals surface area contributed by atoms with Crippen molar-refractivity contribution in [3.8, 4) is 0 Å². The van der Waals surface area contributed by atoms with Crippen LogP contribution >= 0.6 is 0 Å². The van der Waals surface area contributed by atoms with Gasteiger partial charge in [0.1, 0.15) is 0 Å². The van der Waals surface area contributed by atoms with Crippen molar-refractivity contribution in [2.45, 2.75) is 46.5 Å². The fourth-order valence-electron chi connectivity index (χ4n) is 3.91. The summed E-state index contributed by atoms with van der Waals surface area (Å²) < 4.78 is 0. The minimum Gasteiger partial charge on any atom is -0.326 e. The van der Waals surface area contributed by atoms with E-state index in [1.807, 2.05) is 32.0 Å². The normalized spacial score (nSPS) is 18.7. The van der Waals surface area contributed by atoms with Gasteiger partial charge in [-0.05, 0) is 69.7 Å². The number of para-hydroxylation sites is 1. The monoisotopic (exact) mass is 392 g/mol. The number of Topliss-reactive ketones (excluding diaryl/α,β-unsaturated/α-hetero) is 1. The number of hydrogen-bond donors (Lipinski definition) is 2. The van der Waals surface area contributed by atoms with Crippen LogP contribution < -0.4 is 10.6 Å². The molecule has 1 fully saturated rings. The van der Waals surface area contributed by atoms with Crippen molar-refractivity contribution in [3.63, 3.8) is 0 Å². The number of benzene rings is 2. The summed E-state index contributed by atoms with van der Waals surface area (Å²) in [6.07, 6.45) is 2.76. The van der Waals surface area contributed by atoms with Gasteiger partial charge in [0.15, 0.2) is 5.78 Å². The molecular weight excluding hydrogens is 364 g/mol. The molecule has 2 amide bonds. The molecule has 3 rings (SSSR count). The Balaban J connectivity index is 1.54. The highest BCUT2D eigenvalue weighted by Gasteiger charge is 2.30. The molecule has 0 unspecified atom stereocenters. The van der Waals surface area contributed by atoms with Crippen LogP contribution in [0.3, 0.4) is 0 Å². The number of hydrogen-bond acceptors (Lipinski definition) is 3. The molecule has 1 saturated carbocycles. The molecule has 0 aromatic heterocycles. The van der Waals surface area contributed by atoms with Gasteiger partial charge in [0.05, 0.1) is 0 Å². The Morgan fingerprint density at radius 2 is 1.31 bits per heavy atom. The van der Waals surface area contributed by atoms with Crippen LogP contribution in [0.5, 0.6) is 0 Å². The zero-order chi connectivity index (χ0) is 21.0. The minimum atomic E-state index is -0.111. The number of ketones is 1. The van der Waals surface area contributed by atoms with Gasteiger partial charge in [-0.3, -0.25) is 14.4 Å². The second-order valence-corrected chi connectivity index (χ2v) is 7.93. The van der Waals surface area contributed by atoms with Crippen LogP contribution in [0.2, 0.25) is 0 Å². The highest BCUT2D eigenvalue weighted by Crippen LogP contribution is 2.31. The van der Waals surface area contributed by atoms with Crippen molar-refractivity contribution >= 4 is 29.0 Å². The number of anilines is 2. The van der Waals surface area contributed by atoms with Gasteiger partial charge in [-0.2, -0.15) is 0 Å². The first kappa shape index (κ1) is 20.8. The summed E-state index contributed by atoms with van der Waals surface area (Å²) >= 11 is 0. The number of aryl methyl sites for hydroxylation is 2. The number of carbonyl (C=O) groups excluding carboxylic acids is 3. The standard InChI is InChI=1S/C24H28N2O3/c1-15-6-4-7-16(2)22(15)26-24(29)19-12-10-18(11-13-19)23(28)25-21-9-5-8-20(14-21)17(3)27/h4-9,14,18-19H,10-13H2,1-3H3,(H,25,28)(H,26,29). The Morgan fingerprint density at radius 3 is 1.86 bits per heavy atom. The van der Waals surface area contributed by atoms with Crippen molar-refractivity contribution in [2.75, 3.05) is 10.6 Å². The molecule has 2 aromatic rings. The van der Waals surface area contributed by atoms with Crippen molar-refractivity contribution in [1.29, 1.82) is 0 Å². The highest BCUT2D eigenvalue weighted by atomic mass is 16.2. The molecule has 1 aliphatic rings. The average Bonchev–Trinajstić information content (AvgIpc) is 2.71. The molecule has 0 radical (unpaired) electrons. The lowest BCUT2D eigenvalue weighted by atomic mass is 9.81. The molecule has 152 valence electrons. The Hall–Kier alpha value is -2.95. The molecule has 0 atom stereocenters. The molecule has 2 N–H and O–H groups in total. The van der Waals surface area contributed by atoms with Gasteiger partial charge in [0.25, 0.3) is 0 Å². The molecule has 2 aromatic carbocycles. The van der Waals surface area contributed by atoms with Gasteiger partial charge in [-0.15, -0.1) is 0 Å². The van der Waals surface area contributed by atoms with E-state index in [0.29, 0.717) is 36.9 Å². The lowest BCUT2D eigenvalue weighted by Crippen LogP contribution is -2.32. The zero-order valence-electron chi connectivity index (χ0n) is 17.2. The second-order valence-electron chi connectivity index (χ2n) is 7.93. The van der Waals surface area contributed by atoms with E-state index in [2.05, 4.69) is 10.6 Å². The molecular formula is C24H28N2O3. The van der Waals surface area contributed by atoms with Gasteiger partial charge >= 0.3 is 0 Å². The van der Waals surface area contributed by atoms with Crippen LogP contribution in [-0.2, 0) is 9.59 Å². The van der Waals surface area contributed by atoms with Crippen LogP contribution in [0.1, 0.15) is 54.1 Å². The van der Waals surface area contributed by atoms with E-state index in [9.17, 15) is 14.4 Å². The molecule has 0 saturated heterocycles. The Bertz CT molecular complexity index is 907. The lowest BCUT2D eigenvalue weighted by Gasteiger charge is -2.27. The molecule has 5 heteroatoms. The molecule has 5 nitrogen and oxygen atoms in total. The third-order valence-electron chi connectivity index (χ3n) is 5.73. The molecule has 0 heterocycles. The fraction of sp³-hybridized carbons (Fsp3) is 0.375. The first-order chi connectivity index (χ1) is 13.8. The topological polar surface area (TPSA) is 75.3 Å². The van der Waals surface area contributed by atoms with Crippen LogP contribution in [0.15, 0.2) is 42.5 Å². The first-order valence-corrected chi connectivity index (χ1v) is 10.1. The maximum absolute atomic E-state index is 12.7. The number of nitrogens with one attached hydrogen (secondary N) is 2. The van der Waals surface area contributed by atoms with Crippen molar-refractivity contribution in [2.24, 2.45) is 11.8 Å². The largest absolute Gasteiger partial charge is 0.326 e. The Kier molecular flexibility index (Phi) is 6.47. The van der Waals surface area contributed by atoms with Crippen LogP contribution in [0.25, 0.3) is 0 Å². The Morgan fingerprint density at radius 1 is 0.793 bits per heavy atom. The van der Waals surface area contributed by atoms with Crippen LogP contribution in [0.4, 0.5) is 11.4 Å². The maximum Gasteiger partial charge on any atom is 0.227 e. The highest BCUT2D eigenvalue weighted by molar-refractivity contribution is 5.98. The summed E-state index contributed by atoms with van der Waals surface area (Å²) in [6.45, 7) is 5.49. The van der Waals surface area contributed by atoms with Crippen molar-refractivity contribution < 1.29 is 14.4 Å². The third kappa shape index (κ3) is 5.11. The molecule has 1 aliphatic carbocycles. The summed E-state index contributed by atoms with van der Waals surface area (Å²) in [6, 6.07) is 12.9. The van der Waals surface area contributed by atoms with Crippen molar-refractivity contribution in [3.05, 3.63) is 59.2 Å². The molecule has 29 heavy (non-hydrogen) atoms. The maximum atomic E-state index is 12.7. The van der Waals surface area contributed by atoms with E-state index in [-0.39, 0.29) is 29.4 Å². The smallest absolute Gasteiger partial charge is 0.227 e. The second kappa shape index (κ2) is 9.03. The molecule has 0 spiro atoms. The van der Waals surface area contributed by atoms with E-state index in [1.165, 1.54) is 6.92 Å². The lowest BCUT2D eigenvalue weighted by molar-refractivity contribution is -0.125. The van der Waals surface area contributed by atoms with Gasteiger partial charge in [-0.25, -0.2) is 0 Å². The zero-order valence-corrected chi connectivity index (χ0v) is 17.2. The van der Waals surface area contributed by atoms with Gasteiger partial charge in [-0.1, -0.05) is 30.3 Å². The minimum absolute atomic E-state index is 0.0310. The van der Waals surface area contributed by atoms with Gasteiger partial charge in [0, 0.05) is 28.8 Å². The predicted octanol–water partition coefficient (Wildman–Crippen LogP) is 4.89. The Labute approximate surface area is 171 Å². The van der Waals surface area contributed by atoms with E-state index in [1.54, 1.807) is 24.3 Å². The molecule has 0 bridgehead atoms. The average molecular weight is 392 g/mol. The van der Waals surface area contributed by atoms with E-state index >= 15 is 0 Å². The first-order valence-electron chi connectivity index (χ1n) is 10.1. The van der Waals surface area contributed by atoms with E-state index < -0.39 is 0 Å². The predicted molar refractivity (Wildman–Crippen MR) is 115 cm³/mol. The number of carbonyl (C=O) groups is 3. The third-order valence-corrected chi connectivity index (χ3v) is 5.73. The van der Waals surface area contributed by atoms with Gasteiger partial charge in [0.2, 0.25) is 11.8 Å². The summed E-state index contributed by atoms with van der Waals surface area (Å²) in [5.41, 5.74) is 4.22. The van der Waals surface area contributed by atoms with Crippen LogP contribution in [-0.4, -0.2) is 17.6 Å². The van der Waals surface area contributed by atoms with Crippen molar-refractivity contribution in [1.82, 2.24) is 0 Å².